The van der Waals surface area contributed by atoms with Crippen molar-refractivity contribution in [3.05, 3.63) is 58.9 Å². The van der Waals surface area contributed by atoms with Crippen molar-refractivity contribution in [1.29, 1.82) is 0 Å². The van der Waals surface area contributed by atoms with Crippen molar-refractivity contribution in [3.8, 4) is 5.75 Å². The molecule has 0 aliphatic carbocycles. The van der Waals surface area contributed by atoms with Crippen LogP contribution in [0, 0.1) is 0 Å². The van der Waals surface area contributed by atoms with Gasteiger partial charge in [-0.05, 0) is 30.3 Å². The molecule has 0 aliphatic rings. The molecule has 1 N–H and O–H groups in total. The minimum atomic E-state index is 0.516. The third-order valence-corrected chi connectivity index (χ3v) is 3.00. The zero-order valence-electron chi connectivity index (χ0n) is 10.9. The largest absolute Gasteiger partial charge is 0.487 e. The van der Waals surface area contributed by atoms with Gasteiger partial charge in [-0.1, -0.05) is 30.7 Å². The summed E-state index contributed by atoms with van der Waals surface area (Å²) in [7, 11) is 0. The molecule has 1 aromatic carbocycles. The number of benzene rings is 1. The maximum Gasteiger partial charge on any atom is 0.142 e. The molecule has 0 saturated carbocycles. The Morgan fingerprint density at radius 2 is 2.00 bits per heavy atom. The van der Waals surface area contributed by atoms with Gasteiger partial charge in [-0.15, -0.1) is 0 Å². The predicted octanol–water partition coefficient (Wildman–Crippen LogP) is 3.42. The second-order valence-corrected chi connectivity index (χ2v) is 4.62. The summed E-state index contributed by atoms with van der Waals surface area (Å²) in [6.07, 6.45) is 3.53. The van der Waals surface area contributed by atoms with Crippen molar-refractivity contribution in [2.24, 2.45) is 0 Å². The minimum Gasteiger partial charge on any atom is -0.487 e. The second kappa shape index (κ2) is 7.12. The molecule has 0 radical (unpaired) electrons. The van der Waals surface area contributed by atoms with Crippen LogP contribution in [0.4, 0.5) is 0 Å². The third kappa shape index (κ3) is 4.23. The van der Waals surface area contributed by atoms with Gasteiger partial charge in [0.2, 0.25) is 0 Å². The highest BCUT2D eigenvalue weighted by atomic mass is 35.5. The Balaban J connectivity index is 2.00. The second-order valence-electron chi connectivity index (χ2n) is 4.18. The molecule has 4 heteroatoms. The van der Waals surface area contributed by atoms with E-state index in [-0.39, 0.29) is 0 Å². The van der Waals surface area contributed by atoms with Crippen molar-refractivity contribution in [1.82, 2.24) is 10.3 Å². The highest BCUT2D eigenvalue weighted by Crippen LogP contribution is 2.18. The first-order chi connectivity index (χ1) is 9.29. The van der Waals surface area contributed by atoms with E-state index < -0.39 is 0 Å². The molecule has 1 heterocycles. The van der Waals surface area contributed by atoms with E-state index in [0.29, 0.717) is 6.61 Å². The lowest BCUT2D eigenvalue weighted by atomic mass is 10.2. The molecule has 19 heavy (non-hydrogen) atoms. The maximum absolute atomic E-state index is 5.85. The van der Waals surface area contributed by atoms with Gasteiger partial charge in [-0.3, -0.25) is 4.98 Å². The van der Waals surface area contributed by atoms with Gasteiger partial charge >= 0.3 is 0 Å². The Morgan fingerprint density at radius 1 is 1.21 bits per heavy atom. The van der Waals surface area contributed by atoms with E-state index in [1.165, 1.54) is 0 Å². The monoisotopic (exact) mass is 276 g/mol. The van der Waals surface area contributed by atoms with Crippen molar-refractivity contribution in [2.75, 3.05) is 6.54 Å². The van der Waals surface area contributed by atoms with Crippen LogP contribution < -0.4 is 10.1 Å². The van der Waals surface area contributed by atoms with Crippen LogP contribution in [0.2, 0.25) is 5.02 Å². The Labute approximate surface area is 118 Å². The number of nitrogens with one attached hydrogen (secondary N) is 1. The normalized spacial score (nSPS) is 10.4. The molecular formula is C15H17ClN2O. The van der Waals surface area contributed by atoms with E-state index in [9.17, 15) is 0 Å². The fourth-order valence-electron chi connectivity index (χ4n) is 1.69. The van der Waals surface area contributed by atoms with Crippen LogP contribution in [0.15, 0.2) is 42.7 Å². The van der Waals surface area contributed by atoms with Crippen molar-refractivity contribution >= 4 is 11.6 Å². The topological polar surface area (TPSA) is 34.2 Å². The van der Waals surface area contributed by atoms with Crippen molar-refractivity contribution in [3.63, 3.8) is 0 Å². The number of aromatic nitrogens is 1. The van der Waals surface area contributed by atoms with Crippen LogP contribution in [0.25, 0.3) is 0 Å². The lowest BCUT2D eigenvalue weighted by Gasteiger charge is -2.11. The molecule has 0 unspecified atom stereocenters. The fourth-order valence-corrected chi connectivity index (χ4v) is 1.81. The van der Waals surface area contributed by atoms with Gasteiger partial charge in [0.25, 0.3) is 0 Å². The van der Waals surface area contributed by atoms with Crippen LogP contribution >= 0.6 is 11.6 Å². The summed E-state index contributed by atoms with van der Waals surface area (Å²) in [5.74, 6) is 0.818. The Bertz CT molecular complexity index is 514. The Morgan fingerprint density at radius 3 is 2.74 bits per heavy atom. The van der Waals surface area contributed by atoms with E-state index in [1.807, 2.05) is 30.3 Å². The van der Waals surface area contributed by atoms with Crippen molar-refractivity contribution in [2.45, 2.75) is 20.1 Å². The van der Waals surface area contributed by atoms with Gasteiger partial charge < -0.3 is 10.1 Å². The average molecular weight is 277 g/mol. The number of ether oxygens (including phenoxy) is 1. The molecule has 0 saturated heterocycles. The summed E-state index contributed by atoms with van der Waals surface area (Å²) in [5, 5.41) is 4.02. The zero-order valence-corrected chi connectivity index (χ0v) is 11.7. The summed E-state index contributed by atoms with van der Waals surface area (Å²) in [6.45, 7) is 4.31. The minimum absolute atomic E-state index is 0.516. The molecule has 2 aromatic rings. The maximum atomic E-state index is 5.85. The predicted molar refractivity (Wildman–Crippen MR) is 77.4 cm³/mol. The first kappa shape index (κ1) is 13.8. The first-order valence-corrected chi connectivity index (χ1v) is 6.68. The van der Waals surface area contributed by atoms with Crippen LogP contribution in [0.3, 0.4) is 0 Å². The first-order valence-electron chi connectivity index (χ1n) is 6.30. The molecule has 0 amide bonds. The van der Waals surface area contributed by atoms with E-state index in [0.717, 1.165) is 35.0 Å². The fraction of sp³-hybridized carbons (Fsp3) is 0.267. The van der Waals surface area contributed by atoms with Gasteiger partial charge in [0.1, 0.15) is 12.4 Å². The number of rotatable bonds is 6. The molecule has 0 fully saturated rings. The number of halogens is 1. The van der Waals surface area contributed by atoms with Crippen molar-refractivity contribution < 1.29 is 4.74 Å². The third-order valence-electron chi connectivity index (χ3n) is 2.74. The zero-order chi connectivity index (χ0) is 13.5. The Kier molecular flexibility index (Phi) is 5.19. The van der Waals surface area contributed by atoms with Gasteiger partial charge in [-0.25, -0.2) is 0 Å². The number of hydrogen-bond donors (Lipinski definition) is 1. The highest BCUT2D eigenvalue weighted by Gasteiger charge is 2.03. The summed E-state index contributed by atoms with van der Waals surface area (Å²) < 4.78 is 5.81. The summed E-state index contributed by atoms with van der Waals surface area (Å²) in [6, 6.07) is 9.62. The lowest BCUT2D eigenvalue weighted by Crippen LogP contribution is -2.13. The molecule has 0 atom stereocenters. The molecule has 0 spiro atoms. The molecule has 1 aromatic heterocycles. The Hall–Kier alpha value is -1.58. The summed E-state index contributed by atoms with van der Waals surface area (Å²) in [5.41, 5.74) is 2.20. The number of nitrogens with zero attached hydrogens (tertiary/aromatic N) is 1. The highest BCUT2D eigenvalue weighted by molar-refractivity contribution is 6.30. The molecule has 3 nitrogen and oxygen atoms in total. The quantitative estimate of drug-likeness (QED) is 0.878. The van der Waals surface area contributed by atoms with Gasteiger partial charge in [0.15, 0.2) is 0 Å². The van der Waals surface area contributed by atoms with Gasteiger partial charge in [0, 0.05) is 23.3 Å². The van der Waals surface area contributed by atoms with Crippen LogP contribution in [0.5, 0.6) is 5.75 Å². The SMILES string of the molecule is CCNCc1ccncc1OCc1ccc(Cl)cc1. The molecule has 0 bridgehead atoms. The van der Waals surface area contributed by atoms with E-state index in [1.54, 1.807) is 12.4 Å². The van der Waals surface area contributed by atoms with Crippen LogP contribution in [-0.2, 0) is 13.2 Å². The molecular weight excluding hydrogens is 260 g/mol. The summed E-state index contributed by atoms with van der Waals surface area (Å²) >= 11 is 5.85. The smallest absolute Gasteiger partial charge is 0.142 e. The molecule has 2 rings (SSSR count). The number of hydrogen-bond acceptors (Lipinski definition) is 3. The molecule has 100 valence electrons. The van der Waals surface area contributed by atoms with Gasteiger partial charge in [0.05, 0.1) is 6.20 Å². The van der Waals surface area contributed by atoms with E-state index in [2.05, 4.69) is 17.2 Å². The average Bonchev–Trinajstić information content (AvgIpc) is 2.45. The van der Waals surface area contributed by atoms with Crippen LogP contribution in [-0.4, -0.2) is 11.5 Å². The molecule has 0 aliphatic heterocycles. The standard InChI is InChI=1S/C15H17ClN2O/c1-2-17-9-13-7-8-18-10-15(13)19-11-12-3-5-14(16)6-4-12/h3-8,10,17H,2,9,11H2,1H3. The van der Waals surface area contributed by atoms with Crippen LogP contribution in [0.1, 0.15) is 18.1 Å². The lowest BCUT2D eigenvalue weighted by molar-refractivity contribution is 0.301. The van der Waals surface area contributed by atoms with E-state index >= 15 is 0 Å². The van der Waals surface area contributed by atoms with E-state index in [4.69, 9.17) is 16.3 Å². The van der Waals surface area contributed by atoms with Gasteiger partial charge in [-0.2, -0.15) is 0 Å². The summed E-state index contributed by atoms with van der Waals surface area (Å²) in [4.78, 5) is 4.11. The number of pyridine rings is 1.